The maximum absolute atomic E-state index is 12.4. The van der Waals surface area contributed by atoms with E-state index >= 15 is 0 Å². The Kier molecular flexibility index (Phi) is 4.00. The molecule has 2 aromatic heterocycles. The lowest BCUT2D eigenvalue weighted by atomic mass is 10.1. The Morgan fingerprint density at radius 3 is 2.78 bits per heavy atom. The van der Waals surface area contributed by atoms with Gasteiger partial charge in [-0.15, -0.1) is 0 Å². The van der Waals surface area contributed by atoms with Crippen LogP contribution in [0.5, 0.6) is 5.75 Å². The number of nitrogens with zero attached hydrogens (tertiary/aromatic N) is 2. The van der Waals surface area contributed by atoms with Crippen LogP contribution in [0.2, 0.25) is 0 Å². The fourth-order valence-electron chi connectivity index (χ4n) is 2.05. The van der Waals surface area contributed by atoms with Crippen LogP contribution in [0.4, 0.5) is 25.1 Å². The number of alkyl halides is 2. The normalized spacial score (nSPS) is 10.7. The van der Waals surface area contributed by atoms with E-state index in [4.69, 9.17) is 0 Å². The second-order valence-corrected chi connectivity index (χ2v) is 4.44. The molecule has 0 saturated heterocycles. The van der Waals surface area contributed by atoms with Crippen LogP contribution in [0.25, 0.3) is 10.9 Å². The average Bonchev–Trinajstić information content (AvgIpc) is 3.02. The lowest BCUT2D eigenvalue weighted by Crippen LogP contribution is -2.20. The van der Waals surface area contributed by atoms with Crippen LogP contribution < -0.4 is 15.4 Å². The first-order valence-corrected chi connectivity index (χ1v) is 6.53. The summed E-state index contributed by atoms with van der Waals surface area (Å²) in [5, 5.41) is 11.8. The number of pyridine rings is 1. The summed E-state index contributed by atoms with van der Waals surface area (Å²) >= 11 is 0. The van der Waals surface area contributed by atoms with E-state index < -0.39 is 12.6 Å². The number of aromatic nitrogens is 3. The zero-order valence-corrected chi connectivity index (χ0v) is 11.6. The summed E-state index contributed by atoms with van der Waals surface area (Å²) in [6.45, 7) is -2.94. The van der Waals surface area contributed by atoms with E-state index in [1.54, 1.807) is 18.2 Å². The van der Waals surface area contributed by atoms with Crippen molar-refractivity contribution in [1.82, 2.24) is 15.2 Å². The Morgan fingerprint density at radius 1 is 1.17 bits per heavy atom. The molecule has 1 aromatic carbocycles. The minimum atomic E-state index is -2.94. The standard InChI is InChI=1S/C14H11F2N5O2/c15-13(16)23-10-4-3-9(12-8(10)2-1-6-17-12)19-14(22)20-11-5-7-18-21-11/h1-7,13H,(H3,18,19,20,21,22). The van der Waals surface area contributed by atoms with Crippen molar-refractivity contribution in [3.05, 3.63) is 42.7 Å². The van der Waals surface area contributed by atoms with Crippen molar-refractivity contribution < 1.29 is 18.3 Å². The summed E-state index contributed by atoms with van der Waals surface area (Å²) < 4.78 is 29.3. The molecule has 7 nitrogen and oxygen atoms in total. The highest BCUT2D eigenvalue weighted by atomic mass is 19.3. The molecule has 0 bridgehead atoms. The van der Waals surface area contributed by atoms with E-state index in [1.165, 1.54) is 24.5 Å². The number of carbonyl (C=O) groups excluding carboxylic acids is 1. The highest BCUT2D eigenvalue weighted by molar-refractivity contribution is 6.05. The first kappa shape index (κ1) is 14.7. The molecule has 2 heterocycles. The van der Waals surface area contributed by atoms with Crippen molar-refractivity contribution in [2.75, 3.05) is 10.6 Å². The number of benzene rings is 1. The number of anilines is 2. The molecule has 0 aliphatic heterocycles. The number of urea groups is 1. The van der Waals surface area contributed by atoms with Gasteiger partial charge in [-0.25, -0.2) is 4.79 Å². The molecule has 0 atom stereocenters. The van der Waals surface area contributed by atoms with E-state index in [9.17, 15) is 13.6 Å². The van der Waals surface area contributed by atoms with Crippen LogP contribution in [-0.4, -0.2) is 27.8 Å². The Labute approximate surface area is 128 Å². The Morgan fingerprint density at radius 2 is 2.04 bits per heavy atom. The van der Waals surface area contributed by atoms with Gasteiger partial charge in [-0.3, -0.25) is 15.4 Å². The van der Waals surface area contributed by atoms with Crippen LogP contribution in [0.15, 0.2) is 42.7 Å². The number of ether oxygens (including phenoxy) is 1. The van der Waals surface area contributed by atoms with Gasteiger partial charge in [-0.2, -0.15) is 13.9 Å². The summed E-state index contributed by atoms with van der Waals surface area (Å²) in [7, 11) is 0. The number of fused-ring (bicyclic) bond motifs is 1. The van der Waals surface area contributed by atoms with Gasteiger partial charge in [0, 0.05) is 17.6 Å². The van der Waals surface area contributed by atoms with E-state index in [2.05, 4.69) is 30.6 Å². The molecule has 0 fully saturated rings. The summed E-state index contributed by atoms with van der Waals surface area (Å²) in [4.78, 5) is 16.0. The van der Waals surface area contributed by atoms with Crippen LogP contribution in [0.3, 0.4) is 0 Å². The van der Waals surface area contributed by atoms with Gasteiger partial charge in [0.05, 0.1) is 17.4 Å². The topological polar surface area (TPSA) is 91.9 Å². The van der Waals surface area contributed by atoms with Gasteiger partial charge in [-0.05, 0) is 24.3 Å². The first-order valence-electron chi connectivity index (χ1n) is 6.53. The molecule has 0 radical (unpaired) electrons. The molecule has 0 unspecified atom stereocenters. The van der Waals surface area contributed by atoms with Crippen LogP contribution >= 0.6 is 0 Å². The Balaban J connectivity index is 1.88. The number of hydrogen-bond acceptors (Lipinski definition) is 4. The molecule has 3 aromatic rings. The minimum absolute atomic E-state index is 0.0115. The Bertz CT molecular complexity index is 823. The number of amides is 2. The Hall–Kier alpha value is -3.23. The van der Waals surface area contributed by atoms with E-state index in [-0.39, 0.29) is 5.75 Å². The number of halogens is 2. The SMILES string of the molecule is O=C(Nc1ccn[nH]1)Nc1ccc(OC(F)F)c2cccnc12. The number of H-pyrrole nitrogens is 1. The maximum Gasteiger partial charge on any atom is 0.387 e. The number of rotatable bonds is 4. The lowest BCUT2D eigenvalue weighted by Gasteiger charge is -2.12. The van der Waals surface area contributed by atoms with Crippen molar-refractivity contribution in [2.45, 2.75) is 6.61 Å². The van der Waals surface area contributed by atoms with E-state index in [0.717, 1.165) is 0 Å². The second kappa shape index (κ2) is 6.26. The molecule has 9 heteroatoms. The predicted molar refractivity (Wildman–Crippen MR) is 79.6 cm³/mol. The first-order chi connectivity index (χ1) is 11.1. The van der Waals surface area contributed by atoms with Crippen molar-refractivity contribution in [3.63, 3.8) is 0 Å². The van der Waals surface area contributed by atoms with E-state index in [0.29, 0.717) is 22.4 Å². The van der Waals surface area contributed by atoms with Crippen molar-refractivity contribution in [1.29, 1.82) is 0 Å². The summed E-state index contributed by atoms with van der Waals surface area (Å²) in [6, 6.07) is 7.02. The molecule has 0 aliphatic rings. The fraction of sp³-hybridized carbons (Fsp3) is 0.0714. The maximum atomic E-state index is 12.4. The molecule has 23 heavy (non-hydrogen) atoms. The lowest BCUT2D eigenvalue weighted by molar-refractivity contribution is -0.0487. The molecular weight excluding hydrogens is 308 g/mol. The molecule has 0 spiro atoms. The summed E-state index contributed by atoms with van der Waals surface area (Å²) in [6.07, 6.45) is 2.98. The third kappa shape index (κ3) is 3.34. The van der Waals surface area contributed by atoms with Crippen LogP contribution in [-0.2, 0) is 0 Å². The van der Waals surface area contributed by atoms with Gasteiger partial charge in [0.2, 0.25) is 0 Å². The highest BCUT2D eigenvalue weighted by Gasteiger charge is 2.13. The van der Waals surface area contributed by atoms with Gasteiger partial charge in [0.15, 0.2) is 0 Å². The highest BCUT2D eigenvalue weighted by Crippen LogP contribution is 2.31. The number of nitrogens with one attached hydrogen (secondary N) is 3. The molecule has 2 amide bonds. The third-order valence-electron chi connectivity index (χ3n) is 2.94. The zero-order valence-electron chi connectivity index (χ0n) is 11.6. The number of hydrogen-bond donors (Lipinski definition) is 3. The molecule has 0 saturated carbocycles. The number of carbonyl (C=O) groups is 1. The smallest absolute Gasteiger partial charge is 0.387 e. The number of aromatic amines is 1. The zero-order chi connectivity index (χ0) is 16.2. The van der Waals surface area contributed by atoms with Gasteiger partial charge in [0.25, 0.3) is 0 Å². The second-order valence-electron chi connectivity index (χ2n) is 4.44. The molecule has 3 N–H and O–H groups in total. The van der Waals surface area contributed by atoms with Gasteiger partial charge < -0.3 is 10.1 Å². The van der Waals surface area contributed by atoms with E-state index in [1.807, 2.05) is 0 Å². The summed E-state index contributed by atoms with van der Waals surface area (Å²) in [5.74, 6) is 0.403. The van der Waals surface area contributed by atoms with Crippen LogP contribution in [0.1, 0.15) is 0 Å². The van der Waals surface area contributed by atoms with Crippen molar-refractivity contribution in [2.24, 2.45) is 0 Å². The molecular formula is C14H11F2N5O2. The third-order valence-corrected chi connectivity index (χ3v) is 2.94. The molecule has 118 valence electrons. The van der Waals surface area contributed by atoms with Crippen molar-refractivity contribution in [3.8, 4) is 5.75 Å². The monoisotopic (exact) mass is 319 g/mol. The minimum Gasteiger partial charge on any atom is -0.434 e. The van der Waals surface area contributed by atoms with Gasteiger partial charge in [-0.1, -0.05) is 0 Å². The molecule has 0 aliphatic carbocycles. The van der Waals surface area contributed by atoms with Crippen LogP contribution in [0, 0.1) is 0 Å². The molecule has 3 rings (SSSR count). The summed E-state index contributed by atoms with van der Waals surface area (Å²) in [5.41, 5.74) is 0.699. The van der Waals surface area contributed by atoms with Gasteiger partial charge >= 0.3 is 12.6 Å². The van der Waals surface area contributed by atoms with Crippen molar-refractivity contribution >= 4 is 28.4 Å². The quantitative estimate of drug-likeness (QED) is 0.688. The predicted octanol–water partition coefficient (Wildman–Crippen LogP) is 3.20. The fourth-order valence-corrected chi connectivity index (χ4v) is 2.05. The van der Waals surface area contributed by atoms with Gasteiger partial charge in [0.1, 0.15) is 11.6 Å². The largest absolute Gasteiger partial charge is 0.434 e. The average molecular weight is 319 g/mol.